The molecule has 3 heteroatoms. The standard InChI is InChI=1S/C17H15N3/c18-12-11-16-19-15-8-4-7-14(17(15)20-16)10-9-13-5-2-1-3-6-13/h1-8H,11-12,18H2,(H,19,20). The molecule has 0 atom stereocenters. The first-order valence-electron chi connectivity index (χ1n) is 6.61. The molecule has 1 heterocycles. The van der Waals surface area contributed by atoms with Gasteiger partial charge < -0.3 is 10.7 Å². The van der Waals surface area contributed by atoms with Gasteiger partial charge in [-0.05, 0) is 30.8 Å². The average Bonchev–Trinajstić information content (AvgIpc) is 2.89. The molecule has 0 radical (unpaired) electrons. The van der Waals surface area contributed by atoms with Crippen molar-refractivity contribution in [1.82, 2.24) is 9.97 Å². The smallest absolute Gasteiger partial charge is 0.108 e. The Balaban J connectivity index is 2.01. The molecule has 98 valence electrons. The van der Waals surface area contributed by atoms with Crippen molar-refractivity contribution in [3.8, 4) is 11.8 Å². The molecule has 0 spiro atoms. The highest BCUT2D eigenvalue weighted by atomic mass is 14.9. The SMILES string of the molecule is NCCc1nc2c(C#Cc3ccccc3)cccc2[nH]1. The third-order valence-electron chi connectivity index (χ3n) is 3.06. The molecule has 0 unspecified atom stereocenters. The molecule has 3 rings (SSSR count). The highest BCUT2D eigenvalue weighted by Gasteiger charge is 2.04. The molecule has 0 aliphatic rings. The van der Waals surface area contributed by atoms with Crippen molar-refractivity contribution in [2.24, 2.45) is 5.73 Å². The predicted octanol–water partition coefficient (Wildman–Crippen LogP) is 2.46. The van der Waals surface area contributed by atoms with Gasteiger partial charge in [-0.2, -0.15) is 0 Å². The molecule has 3 aromatic rings. The van der Waals surface area contributed by atoms with E-state index >= 15 is 0 Å². The minimum Gasteiger partial charge on any atom is -0.342 e. The summed E-state index contributed by atoms with van der Waals surface area (Å²) in [6, 6.07) is 15.9. The fraction of sp³-hybridized carbons (Fsp3) is 0.118. The van der Waals surface area contributed by atoms with E-state index in [-0.39, 0.29) is 0 Å². The van der Waals surface area contributed by atoms with Gasteiger partial charge in [0.05, 0.1) is 11.1 Å². The van der Waals surface area contributed by atoms with E-state index in [0.717, 1.165) is 34.4 Å². The van der Waals surface area contributed by atoms with Crippen LogP contribution in [0.4, 0.5) is 0 Å². The van der Waals surface area contributed by atoms with E-state index in [2.05, 4.69) is 21.8 Å². The Kier molecular flexibility index (Phi) is 3.49. The first-order chi connectivity index (χ1) is 9.86. The van der Waals surface area contributed by atoms with Crippen LogP contribution in [0.5, 0.6) is 0 Å². The fourth-order valence-electron chi connectivity index (χ4n) is 2.10. The van der Waals surface area contributed by atoms with Crippen molar-refractivity contribution >= 4 is 11.0 Å². The van der Waals surface area contributed by atoms with E-state index in [9.17, 15) is 0 Å². The second kappa shape index (κ2) is 5.60. The summed E-state index contributed by atoms with van der Waals surface area (Å²) in [5.74, 6) is 7.27. The number of para-hydroxylation sites is 1. The van der Waals surface area contributed by atoms with Gasteiger partial charge in [-0.25, -0.2) is 4.98 Å². The fourth-order valence-corrected chi connectivity index (χ4v) is 2.10. The van der Waals surface area contributed by atoms with Crippen LogP contribution in [-0.4, -0.2) is 16.5 Å². The molecule has 0 aliphatic heterocycles. The quantitative estimate of drug-likeness (QED) is 0.696. The second-order valence-electron chi connectivity index (χ2n) is 4.54. The number of aromatic amines is 1. The number of hydrogen-bond acceptors (Lipinski definition) is 2. The molecule has 1 aromatic heterocycles. The highest BCUT2D eigenvalue weighted by molar-refractivity contribution is 5.82. The number of nitrogens with one attached hydrogen (secondary N) is 1. The number of imidazole rings is 1. The van der Waals surface area contributed by atoms with Crippen LogP contribution in [0.15, 0.2) is 48.5 Å². The minimum absolute atomic E-state index is 0.588. The van der Waals surface area contributed by atoms with Crippen molar-refractivity contribution in [2.45, 2.75) is 6.42 Å². The van der Waals surface area contributed by atoms with Crippen molar-refractivity contribution in [3.05, 3.63) is 65.5 Å². The van der Waals surface area contributed by atoms with Gasteiger partial charge in [0.1, 0.15) is 11.3 Å². The van der Waals surface area contributed by atoms with Gasteiger partial charge in [0, 0.05) is 12.0 Å². The first kappa shape index (κ1) is 12.5. The molecule has 3 N–H and O–H groups in total. The normalized spacial score (nSPS) is 10.2. The number of nitrogens with zero attached hydrogens (tertiary/aromatic N) is 1. The third-order valence-corrected chi connectivity index (χ3v) is 3.06. The van der Waals surface area contributed by atoms with Gasteiger partial charge in [-0.1, -0.05) is 36.1 Å². The topological polar surface area (TPSA) is 54.7 Å². The Morgan fingerprint density at radius 1 is 1.00 bits per heavy atom. The van der Waals surface area contributed by atoms with Crippen LogP contribution in [0.3, 0.4) is 0 Å². The van der Waals surface area contributed by atoms with Crippen LogP contribution >= 0.6 is 0 Å². The Morgan fingerprint density at radius 3 is 2.65 bits per heavy atom. The van der Waals surface area contributed by atoms with Crippen LogP contribution in [0.2, 0.25) is 0 Å². The van der Waals surface area contributed by atoms with Gasteiger partial charge in [-0.3, -0.25) is 0 Å². The summed E-state index contributed by atoms with van der Waals surface area (Å²) in [5.41, 5.74) is 9.43. The molecule has 0 amide bonds. The van der Waals surface area contributed by atoms with Crippen LogP contribution < -0.4 is 5.73 Å². The number of benzene rings is 2. The highest BCUT2D eigenvalue weighted by Crippen LogP contribution is 2.16. The molecular formula is C17H15N3. The zero-order chi connectivity index (χ0) is 13.8. The molecule has 0 saturated heterocycles. The number of rotatable bonds is 2. The molecule has 0 aliphatic carbocycles. The Morgan fingerprint density at radius 2 is 1.85 bits per heavy atom. The van der Waals surface area contributed by atoms with Crippen LogP contribution in [0.25, 0.3) is 11.0 Å². The summed E-state index contributed by atoms with van der Waals surface area (Å²) >= 11 is 0. The molecule has 0 saturated carbocycles. The van der Waals surface area contributed by atoms with E-state index in [0.29, 0.717) is 6.54 Å². The maximum atomic E-state index is 5.57. The van der Waals surface area contributed by atoms with Crippen molar-refractivity contribution in [3.63, 3.8) is 0 Å². The summed E-state index contributed by atoms with van der Waals surface area (Å²) in [7, 11) is 0. The Labute approximate surface area is 117 Å². The molecular weight excluding hydrogens is 246 g/mol. The summed E-state index contributed by atoms with van der Waals surface area (Å²) in [5, 5.41) is 0. The van der Waals surface area contributed by atoms with Gasteiger partial charge in [0.15, 0.2) is 0 Å². The average molecular weight is 261 g/mol. The van der Waals surface area contributed by atoms with E-state index < -0.39 is 0 Å². The third kappa shape index (κ3) is 2.56. The van der Waals surface area contributed by atoms with Crippen molar-refractivity contribution in [2.75, 3.05) is 6.54 Å². The van der Waals surface area contributed by atoms with Crippen molar-refractivity contribution < 1.29 is 0 Å². The maximum absolute atomic E-state index is 5.57. The van der Waals surface area contributed by atoms with E-state index in [1.54, 1.807) is 0 Å². The van der Waals surface area contributed by atoms with Gasteiger partial charge in [-0.15, -0.1) is 0 Å². The second-order valence-corrected chi connectivity index (χ2v) is 4.54. The summed E-state index contributed by atoms with van der Waals surface area (Å²) in [6.45, 7) is 0.588. The van der Waals surface area contributed by atoms with Gasteiger partial charge in [0.25, 0.3) is 0 Å². The minimum atomic E-state index is 0.588. The zero-order valence-electron chi connectivity index (χ0n) is 11.1. The number of nitrogens with two attached hydrogens (primary N) is 1. The first-order valence-corrected chi connectivity index (χ1v) is 6.61. The lowest BCUT2D eigenvalue weighted by Crippen LogP contribution is -2.03. The largest absolute Gasteiger partial charge is 0.342 e. The Hall–Kier alpha value is -2.57. The summed E-state index contributed by atoms with van der Waals surface area (Å²) < 4.78 is 0. The molecule has 0 bridgehead atoms. The predicted molar refractivity (Wildman–Crippen MR) is 81.3 cm³/mol. The van der Waals surface area contributed by atoms with Crippen LogP contribution in [-0.2, 0) is 6.42 Å². The summed E-state index contributed by atoms with van der Waals surface area (Å²) in [4.78, 5) is 7.85. The Bertz CT molecular complexity index is 776. The monoisotopic (exact) mass is 261 g/mol. The number of fused-ring (bicyclic) bond motifs is 1. The molecule has 20 heavy (non-hydrogen) atoms. The molecule has 2 aromatic carbocycles. The van der Waals surface area contributed by atoms with Gasteiger partial charge in [0.2, 0.25) is 0 Å². The molecule has 3 nitrogen and oxygen atoms in total. The number of aromatic nitrogens is 2. The number of H-pyrrole nitrogens is 1. The lowest BCUT2D eigenvalue weighted by atomic mass is 10.1. The van der Waals surface area contributed by atoms with Crippen LogP contribution in [0, 0.1) is 11.8 Å². The van der Waals surface area contributed by atoms with E-state index in [1.165, 1.54) is 0 Å². The van der Waals surface area contributed by atoms with E-state index in [1.807, 2.05) is 48.5 Å². The number of hydrogen-bond donors (Lipinski definition) is 2. The van der Waals surface area contributed by atoms with Crippen LogP contribution in [0.1, 0.15) is 17.0 Å². The zero-order valence-corrected chi connectivity index (χ0v) is 11.1. The lowest BCUT2D eigenvalue weighted by molar-refractivity contribution is 0.900. The molecule has 0 fully saturated rings. The van der Waals surface area contributed by atoms with Crippen molar-refractivity contribution in [1.29, 1.82) is 0 Å². The van der Waals surface area contributed by atoms with E-state index in [4.69, 9.17) is 5.73 Å². The lowest BCUT2D eigenvalue weighted by Gasteiger charge is -1.92. The van der Waals surface area contributed by atoms with Gasteiger partial charge >= 0.3 is 0 Å². The summed E-state index contributed by atoms with van der Waals surface area (Å²) in [6.07, 6.45) is 0.750. The maximum Gasteiger partial charge on any atom is 0.108 e.